The lowest BCUT2D eigenvalue weighted by Crippen LogP contribution is -2.42. The van der Waals surface area contributed by atoms with Gasteiger partial charge in [-0.05, 0) is 48.9 Å². The normalized spacial score (nSPS) is 21.2. The SMILES string of the molecule is C[C@@H](Nc1ccc(NC(=O)[C@@]2(O)CCSC2)cc1)c1ccccc1. The van der Waals surface area contributed by atoms with E-state index in [4.69, 9.17) is 0 Å². The molecule has 126 valence electrons. The number of carbonyl (C=O) groups excluding carboxylic acids is 1. The molecule has 2 aromatic rings. The predicted molar refractivity (Wildman–Crippen MR) is 100 cm³/mol. The number of thioether (sulfide) groups is 1. The minimum atomic E-state index is -1.23. The Balaban J connectivity index is 1.60. The molecule has 5 heteroatoms. The molecule has 0 unspecified atom stereocenters. The van der Waals surface area contributed by atoms with Crippen molar-refractivity contribution in [3.8, 4) is 0 Å². The Hall–Kier alpha value is -1.98. The molecule has 1 aliphatic rings. The standard InChI is InChI=1S/C19H22N2O2S/c1-14(15-5-3-2-4-6-15)20-16-7-9-17(10-8-16)21-18(22)19(23)11-12-24-13-19/h2-10,14,20,23H,11-13H2,1H3,(H,21,22)/t14-,19-/m1/s1. The van der Waals surface area contributed by atoms with E-state index in [9.17, 15) is 9.90 Å². The summed E-state index contributed by atoms with van der Waals surface area (Å²) in [4.78, 5) is 12.2. The van der Waals surface area contributed by atoms with E-state index in [1.807, 2.05) is 42.5 Å². The molecule has 3 rings (SSSR count). The third-order valence-corrected chi connectivity index (χ3v) is 5.42. The van der Waals surface area contributed by atoms with Crippen molar-refractivity contribution in [2.45, 2.75) is 25.0 Å². The van der Waals surface area contributed by atoms with Crippen molar-refractivity contribution in [3.63, 3.8) is 0 Å². The molecule has 1 fully saturated rings. The van der Waals surface area contributed by atoms with Gasteiger partial charge in [-0.15, -0.1) is 0 Å². The first kappa shape index (κ1) is 16.9. The highest BCUT2D eigenvalue weighted by atomic mass is 32.2. The fourth-order valence-corrected chi connectivity index (χ4v) is 3.95. The van der Waals surface area contributed by atoms with E-state index >= 15 is 0 Å². The minimum absolute atomic E-state index is 0.197. The largest absolute Gasteiger partial charge is 0.379 e. The van der Waals surface area contributed by atoms with Gasteiger partial charge in [0.2, 0.25) is 0 Å². The van der Waals surface area contributed by atoms with Gasteiger partial charge < -0.3 is 15.7 Å². The topological polar surface area (TPSA) is 61.4 Å². The van der Waals surface area contributed by atoms with Crippen LogP contribution < -0.4 is 10.6 Å². The molecule has 0 aliphatic carbocycles. The van der Waals surface area contributed by atoms with Crippen molar-refractivity contribution in [1.82, 2.24) is 0 Å². The second kappa shape index (κ2) is 7.28. The second-order valence-corrected chi connectivity index (χ2v) is 7.25. The Labute approximate surface area is 146 Å². The number of aliphatic hydroxyl groups is 1. The Morgan fingerprint density at radius 1 is 1.12 bits per heavy atom. The zero-order valence-corrected chi connectivity index (χ0v) is 14.5. The molecule has 1 amide bonds. The minimum Gasteiger partial charge on any atom is -0.379 e. The summed E-state index contributed by atoms with van der Waals surface area (Å²) in [5, 5.41) is 16.5. The van der Waals surface area contributed by atoms with Crippen molar-refractivity contribution in [3.05, 3.63) is 60.2 Å². The molecule has 0 bridgehead atoms. The van der Waals surface area contributed by atoms with Crippen molar-refractivity contribution in [2.24, 2.45) is 0 Å². The summed E-state index contributed by atoms with van der Waals surface area (Å²) in [6, 6.07) is 18.0. The van der Waals surface area contributed by atoms with Gasteiger partial charge in [-0.3, -0.25) is 4.79 Å². The molecule has 4 nitrogen and oxygen atoms in total. The molecular weight excluding hydrogens is 320 g/mol. The van der Waals surface area contributed by atoms with Gasteiger partial charge in [0.25, 0.3) is 5.91 Å². The number of nitrogens with one attached hydrogen (secondary N) is 2. The molecule has 0 spiro atoms. The summed E-state index contributed by atoms with van der Waals surface area (Å²) in [7, 11) is 0. The smallest absolute Gasteiger partial charge is 0.257 e. The molecule has 2 atom stereocenters. The van der Waals surface area contributed by atoms with Crippen LogP contribution in [0.1, 0.15) is 24.9 Å². The van der Waals surface area contributed by atoms with Crippen LogP contribution in [-0.2, 0) is 4.79 Å². The molecule has 1 aliphatic heterocycles. The van der Waals surface area contributed by atoms with Crippen LogP contribution in [-0.4, -0.2) is 28.1 Å². The van der Waals surface area contributed by atoms with Crippen LogP contribution in [0.25, 0.3) is 0 Å². The lowest BCUT2D eigenvalue weighted by molar-refractivity contribution is -0.131. The molecule has 24 heavy (non-hydrogen) atoms. The number of hydrogen-bond acceptors (Lipinski definition) is 4. The highest BCUT2D eigenvalue weighted by Gasteiger charge is 2.39. The van der Waals surface area contributed by atoms with Crippen LogP contribution >= 0.6 is 11.8 Å². The van der Waals surface area contributed by atoms with Gasteiger partial charge in [0.05, 0.1) is 0 Å². The summed E-state index contributed by atoms with van der Waals surface area (Å²) in [5.41, 5.74) is 1.67. The molecule has 1 saturated heterocycles. The van der Waals surface area contributed by atoms with Crippen LogP contribution in [0.4, 0.5) is 11.4 Å². The number of anilines is 2. The van der Waals surface area contributed by atoms with Crippen LogP contribution in [0.2, 0.25) is 0 Å². The first-order valence-corrected chi connectivity index (χ1v) is 9.25. The molecule has 2 aromatic carbocycles. The van der Waals surface area contributed by atoms with Gasteiger partial charge in [0, 0.05) is 23.2 Å². The summed E-state index contributed by atoms with van der Waals surface area (Å²) >= 11 is 1.61. The number of rotatable bonds is 5. The number of carbonyl (C=O) groups is 1. The van der Waals surface area contributed by atoms with Gasteiger partial charge in [-0.2, -0.15) is 11.8 Å². The highest BCUT2D eigenvalue weighted by molar-refractivity contribution is 7.99. The molecule has 3 N–H and O–H groups in total. The van der Waals surface area contributed by atoms with Gasteiger partial charge in [0.15, 0.2) is 5.60 Å². The van der Waals surface area contributed by atoms with Gasteiger partial charge in [0.1, 0.15) is 0 Å². The fourth-order valence-electron chi connectivity index (χ4n) is 2.71. The van der Waals surface area contributed by atoms with E-state index in [2.05, 4.69) is 29.7 Å². The predicted octanol–water partition coefficient (Wildman–Crippen LogP) is 3.67. The highest BCUT2D eigenvalue weighted by Crippen LogP contribution is 2.29. The maximum atomic E-state index is 12.2. The van der Waals surface area contributed by atoms with Crippen LogP contribution in [0, 0.1) is 0 Å². The summed E-state index contributed by atoms with van der Waals surface area (Å²) < 4.78 is 0. The van der Waals surface area contributed by atoms with Gasteiger partial charge in [-0.1, -0.05) is 30.3 Å². The zero-order chi connectivity index (χ0) is 17.0. The average molecular weight is 342 g/mol. The van der Waals surface area contributed by atoms with Crippen LogP contribution in [0.15, 0.2) is 54.6 Å². The van der Waals surface area contributed by atoms with E-state index in [0.717, 1.165) is 11.4 Å². The van der Waals surface area contributed by atoms with Crippen LogP contribution in [0.3, 0.4) is 0 Å². The van der Waals surface area contributed by atoms with E-state index < -0.39 is 5.60 Å². The van der Waals surface area contributed by atoms with Crippen molar-refractivity contribution in [1.29, 1.82) is 0 Å². The Bertz CT molecular complexity index is 682. The van der Waals surface area contributed by atoms with E-state index in [1.165, 1.54) is 5.56 Å². The lowest BCUT2D eigenvalue weighted by Gasteiger charge is -2.20. The lowest BCUT2D eigenvalue weighted by atomic mass is 10.0. The van der Waals surface area contributed by atoms with E-state index in [-0.39, 0.29) is 11.9 Å². The molecular formula is C19H22N2O2S. The first-order chi connectivity index (χ1) is 11.6. The first-order valence-electron chi connectivity index (χ1n) is 8.10. The van der Waals surface area contributed by atoms with Crippen LogP contribution in [0.5, 0.6) is 0 Å². The Kier molecular flexibility index (Phi) is 5.11. The van der Waals surface area contributed by atoms with E-state index in [1.54, 1.807) is 11.8 Å². The monoisotopic (exact) mass is 342 g/mol. The van der Waals surface area contributed by atoms with E-state index in [0.29, 0.717) is 17.9 Å². The zero-order valence-electron chi connectivity index (χ0n) is 13.7. The van der Waals surface area contributed by atoms with Crippen molar-refractivity contribution >= 4 is 29.0 Å². The molecule has 0 radical (unpaired) electrons. The fraction of sp³-hybridized carbons (Fsp3) is 0.316. The Morgan fingerprint density at radius 2 is 1.79 bits per heavy atom. The Morgan fingerprint density at radius 3 is 2.42 bits per heavy atom. The van der Waals surface area contributed by atoms with Gasteiger partial charge in [-0.25, -0.2) is 0 Å². The summed E-state index contributed by atoms with van der Waals surface area (Å²) in [6.07, 6.45) is 0.512. The molecule has 1 heterocycles. The number of benzene rings is 2. The third kappa shape index (κ3) is 3.91. The quantitative estimate of drug-likeness (QED) is 0.776. The maximum absolute atomic E-state index is 12.2. The van der Waals surface area contributed by atoms with Gasteiger partial charge >= 0.3 is 0 Å². The van der Waals surface area contributed by atoms with Crippen molar-refractivity contribution in [2.75, 3.05) is 22.1 Å². The number of hydrogen-bond donors (Lipinski definition) is 3. The maximum Gasteiger partial charge on any atom is 0.257 e. The summed E-state index contributed by atoms with van der Waals surface area (Å²) in [5.74, 6) is 0.975. The molecule has 0 saturated carbocycles. The van der Waals surface area contributed by atoms with Crippen molar-refractivity contribution < 1.29 is 9.90 Å². The third-order valence-electron chi connectivity index (χ3n) is 4.25. The second-order valence-electron chi connectivity index (χ2n) is 6.14. The average Bonchev–Trinajstić information content (AvgIpc) is 3.05. The summed E-state index contributed by atoms with van der Waals surface area (Å²) in [6.45, 7) is 2.11. The molecule has 0 aromatic heterocycles. The number of amides is 1.